The minimum Gasteiger partial charge on any atom is -0.480 e. The second-order valence-electron chi connectivity index (χ2n) is 5.57. The van der Waals surface area contributed by atoms with Gasteiger partial charge in [0.15, 0.2) is 0 Å². The highest BCUT2D eigenvalue weighted by molar-refractivity contribution is 5.72. The maximum absolute atomic E-state index is 10.6. The summed E-state index contributed by atoms with van der Waals surface area (Å²) >= 11 is 0. The van der Waals surface area contributed by atoms with Crippen molar-refractivity contribution < 1.29 is 9.90 Å². The molecule has 1 aliphatic rings. The molecule has 5 nitrogen and oxygen atoms in total. The largest absolute Gasteiger partial charge is 0.480 e. The molecular formula is C13H27N3O2. The number of nitrogens with two attached hydrogens (primary N) is 1. The Kier molecular flexibility index (Phi) is 6.60. The number of carbonyl (C=O) groups is 1. The predicted octanol–water partition coefficient (Wildman–Crippen LogP) is 0.452. The highest BCUT2D eigenvalue weighted by atomic mass is 16.4. The van der Waals surface area contributed by atoms with Crippen molar-refractivity contribution in [2.75, 3.05) is 40.3 Å². The molecule has 1 fully saturated rings. The van der Waals surface area contributed by atoms with E-state index in [4.69, 9.17) is 10.8 Å². The summed E-state index contributed by atoms with van der Waals surface area (Å²) in [6.45, 7) is 4.22. The molecule has 5 heteroatoms. The summed E-state index contributed by atoms with van der Waals surface area (Å²) in [5, 5.41) is 8.71. The Labute approximate surface area is 110 Å². The molecule has 0 aromatic heterocycles. The molecule has 18 heavy (non-hydrogen) atoms. The average Bonchev–Trinajstić information content (AvgIpc) is 2.35. The molecule has 1 saturated heterocycles. The Morgan fingerprint density at radius 3 is 2.61 bits per heavy atom. The molecule has 0 amide bonds. The first-order valence-corrected chi connectivity index (χ1v) is 6.84. The van der Waals surface area contributed by atoms with Gasteiger partial charge in [-0.25, -0.2) is 0 Å². The summed E-state index contributed by atoms with van der Waals surface area (Å²) in [5.74, 6) is -0.0736. The van der Waals surface area contributed by atoms with Crippen molar-refractivity contribution in [3.8, 4) is 0 Å². The highest BCUT2D eigenvalue weighted by Gasteiger charge is 2.17. The monoisotopic (exact) mass is 257 g/mol. The van der Waals surface area contributed by atoms with E-state index in [1.807, 2.05) is 7.05 Å². The van der Waals surface area contributed by atoms with E-state index < -0.39 is 12.0 Å². The molecule has 0 aromatic carbocycles. The lowest BCUT2D eigenvalue weighted by molar-refractivity contribution is -0.138. The van der Waals surface area contributed by atoms with E-state index in [-0.39, 0.29) is 0 Å². The average molecular weight is 257 g/mol. The molecule has 0 radical (unpaired) electrons. The van der Waals surface area contributed by atoms with Gasteiger partial charge < -0.3 is 20.6 Å². The Morgan fingerprint density at radius 2 is 2.06 bits per heavy atom. The maximum Gasteiger partial charge on any atom is 0.320 e. The smallest absolute Gasteiger partial charge is 0.320 e. The van der Waals surface area contributed by atoms with Crippen LogP contribution in [0.4, 0.5) is 0 Å². The number of rotatable bonds is 7. The number of nitrogens with zero attached hydrogens (tertiary/aromatic N) is 2. The number of likely N-dealkylation sites (tertiary alicyclic amines) is 1. The lowest BCUT2D eigenvalue weighted by Gasteiger charge is -2.30. The van der Waals surface area contributed by atoms with Crippen LogP contribution in [0.2, 0.25) is 0 Å². The number of piperidine rings is 1. The molecule has 1 heterocycles. The highest BCUT2D eigenvalue weighted by Crippen LogP contribution is 2.19. The molecule has 106 valence electrons. The van der Waals surface area contributed by atoms with Crippen molar-refractivity contribution in [2.24, 2.45) is 11.7 Å². The van der Waals surface area contributed by atoms with Gasteiger partial charge in [0.25, 0.3) is 0 Å². The van der Waals surface area contributed by atoms with Gasteiger partial charge in [0.1, 0.15) is 6.04 Å². The van der Waals surface area contributed by atoms with Gasteiger partial charge in [-0.1, -0.05) is 0 Å². The van der Waals surface area contributed by atoms with E-state index in [2.05, 4.69) is 16.8 Å². The Hall–Kier alpha value is -0.650. The summed E-state index contributed by atoms with van der Waals surface area (Å²) in [6, 6.07) is -0.726. The number of hydrogen-bond acceptors (Lipinski definition) is 4. The van der Waals surface area contributed by atoms with Crippen LogP contribution < -0.4 is 5.73 Å². The van der Waals surface area contributed by atoms with Gasteiger partial charge in [0.05, 0.1) is 0 Å². The van der Waals surface area contributed by atoms with Crippen molar-refractivity contribution in [1.29, 1.82) is 0 Å². The molecule has 0 saturated carbocycles. The number of aliphatic carboxylic acids is 1. The third kappa shape index (κ3) is 5.80. The fourth-order valence-corrected chi connectivity index (χ4v) is 2.35. The van der Waals surface area contributed by atoms with E-state index in [0.29, 0.717) is 6.42 Å². The SMILES string of the molecule is CN1CCC(CCN(C)CCC(N)C(=O)O)CC1. The molecule has 1 atom stereocenters. The number of carboxylic acids is 1. The third-order valence-corrected chi connectivity index (χ3v) is 3.90. The zero-order chi connectivity index (χ0) is 13.5. The summed E-state index contributed by atoms with van der Waals surface area (Å²) in [6.07, 6.45) is 4.32. The van der Waals surface area contributed by atoms with Crippen LogP contribution in [0.15, 0.2) is 0 Å². The third-order valence-electron chi connectivity index (χ3n) is 3.90. The summed E-state index contributed by atoms with van der Waals surface area (Å²) in [7, 11) is 4.22. The topological polar surface area (TPSA) is 69.8 Å². The second-order valence-corrected chi connectivity index (χ2v) is 5.57. The van der Waals surface area contributed by atoms with Crippen LogP contribution in [0.1, 0.15) is 25.7 Å². The summed E-state index contributed by atoms with van der Waals surface area (Å²) in [5.41, 5.74) is 5.49. The molecule has 1 unspecified atom stereocenters. The fourth-order valence-electron chi connectivity index (χ4n) is 2.35. The van der Waals surface area contributed by atoms with Crippen molar-refractivity contribution >= 4 is 5.97 Å². The number of hydrogen-bond donors (Lipinski definition) is 2. The predicted molar refractivity (Wildman–Crippen MR) is 72.6 cm³/mol. The van der Waals surface area contributed by atoms with Crippen molar-refractivity contribution in [3.05, 3.63) is 0 Å². The van der Waals surface area contributed by atoms with Gasteiger partial charge in [-0.2, -0.15) is 0 Å². The van der Waals surface area contributed by atoms with Crippen LogP contribution in [0.25, 0.3) is 0 Å². The molecule has 0 aliphatic carbocycles. The van der Waals surface area contributed by atoms with Gasteiger partial charge in [-0.15, -0.1) is 0 Å². The number of carboxylic acid groups (broad SMARTS) is 1. The first-order chi connectivity index (χ1) is 8.49. The normalized spacial score (nSPS) is 20.2. The van der Waals surface area contributed by atoms with Crippen LogP contribution in [0.3, 0.4) is 0 Å². The van der Waals surface area contributed by atoms with E-state index in [1.54, 1.807) is 0 Å². The van der Waals surface area contributed by atoms with Crippen LogP contribution in [-0.4, -0.2) is 67.2 Å². The summed E-state index contributed by atoms with van der Waals surface area (Å²) < 4.78 is 0. The molecular weight excluding hydrogens is 230 g/mol. The van der Waals surface area contributed by atoms with Crippen molar-refractivity contribution in [1.82, 2.24) is 9.80 Å². The quantitative estimate of drug-likeness (QED) is 0.693. The van der Waals surface area contributed by atoms with Crippen LogP contribution >= 0.6 is 0 Å². The van der Waals surface area contributed by atoms with Gasteiger partial charge in [0, 0.05) is 0 Å². The molecule has 0 bridgehead atoms. The van der Waals surface area contributed by atoms with Gasteiger partial charge >= 0.3 is 5.97 Å². The summed E-state index contributed by atoms with van der Waals surface area (Å²) in [4.78, 5) is 15.2. The van der Waals surface area contributed by atoms with E-state index in [9.17, 15) is 4.79 Å². The van der Waals surface area contributed by atoms with Crippen molar-refractivity contribution in [3.63, 3.8) is 0 Å². The van der Waals surface area contributed by atoms with Gasteiger partial charge in [0.2, 0.25) is 0 Å². The zero-order valence-corrected chi connectivity index (χ0v) is 11.6. The molecule has 1 aliphatic heterocycles. The fraction of sp³-hybridized carbons (Fsp3) is 0.923. The van der Waals surface area contributed by atoms with Crippen LogP contribution in [0, 0.1) is 5.92 Å². The Morgan fingerprint density at radius 1 is 1.44 bits per heavy atom. The molecule has 3 N–H and O–H groups in total. The lowest BCUT2D eigenvalue weighted by Crippen LogP contribution is -2.35. The first kappa shape index (κ1) is 15.4. The maximum atomic E-state index is 10.6. The Balaban J connectivity index is 2.09. The Bertz CT molecular complexity index is 253. The first-order valence-electron chi connectivity index (χ1n) is 6.84. The molecule has 0 spiro atoms. The molecule has 1 rings (SSSR count). The second kappa shape index (κ2) is 7.71. The minimum absolute atomic E-state index is 0.527. The lowest BCUT2D eigenvalue weighted by atomic mass is 9.93. The van der Waals surface area contributed by atoms with Crippen LogP contribution in [0.5, 0.6) is 0 Å². The van der Waals surface area contributed by atoms with Gasteiger partial charge in [-0.3, -0.25) is 4.79 Å². The minimum atomic E-state index is -0.904. The van der Waals surface area contributed by atoms with Gasteiger partial charge in [-0.05, 0) is 71.9 Å². The zero-order valence-electron chi connectivity index (χ0n) is 11.6. The van der Waals surface area contributed by atoms with Crippen LogP contribution in [-0.2, 0) is 4.79 Å². The molecule has 0 aromatic rings. The standard InChI is InChI=1S/C13H27N3O2/c1-15-7-3-11(4-8-15)5-9-16(2)10-6-12(14)13(17)18/h11-12H,3-10,14H2,1-2H3,(H,17,18). The van der Waals surface area contributed by atoms with E-state index in [1.165, 1.54) is 32.4 Å². The van der Waals surface area contributed by atoms with E-state index >= 15 is 0 Å². The van der Waals surface area contributed by atoms with Crippen molar-refractivity contribution in [2.45, 2.75) is 31.7 Å². The van der Waals surface area contributed by atoms with E-state index in [0.717, 1.165) is 19.0 Å².